The van der Waals surface area contributed by atoms with Crippen LogP contribution in [0.15, 0.2) is 0 Å². The number of aliphatic hydroxyl groups is 2. The van der Waals surface area contributed by atoms with Crippen LogP contribution in [0.4, 0.5) is 4.79 Å². The quantitative estimate of drug-likeness (QED) is 0.423. The maximum atomic E-state index is 11.3. The van der Waals surface area contributed by atoms with E-state index >= 15 is 0 Å². The number of aliphatic hydroxyl groups excluding tert-OH is 2. The molecule has 0 spiro atoms. The van der Waals surface area contributed by atoms with Gasteiger partial charge < -0.3 is 29.5 Å². The van der Waals surface area contributed by atoms with Gasteiger partial charge in [-0.25, -0.2) is 4.79 Å². The molecule has 0 unspecified atom stereocenters. The number of hydrogen-bond acceptors (Lipinski definition) is 5. The molecule has 27 heavy (non-hydrogen) atoms. The first-order valence-electron chi connectivity index (χ1n) is 9.46. The lowest BCUT2D eigenvalue weighted by Crippen LogP contribution is -2.59. The average Bonchev–Trinajstić information content (AvgIpc) is 2.45. The molecule has 0 heterocycles. The van der Waals surface area contributed by atoms with Crippen LogP contribution in [0.3, 0.4) is 0 Å². The van der Waals surface area contributed by atoms with Crippen LogP contribution in [0.5, 0.6) is 0 Å². The Morgan fingerprint density at radius 1 is 1.00 bits per heavy atom. The van der Waals surface area contributed by atoms with Gasteiger partial charge in [-0.2, -0.15) is 0 Å². The van der Waals surface area contributed by atoms with Gasteiger partial charge in [0.1, 0.15) is 0 Å². The van der Waals surface area contributed by atoms with E-state index in [2.05, 4.69) is 73.0 Å². The summed E-state index contributed by atoms with van der Waals surface area (Å²) in [5.74, 6) is 0. The smallest absolute Gasteiger partial charge is 0.405 e. The number of amides is 1. The van der Waals surface area contributed by atoms with Crippen molar-refractivity contribution < 1.29 is 29.0 Å². The first kappa shape index (κ1) is 26.5. The van der Waals surface area contributed by atoms with Crippen LogP contribution in [0, 0.1) is 0 Å². The summed E-state index contributed by atoms with van der Waals surface area (Å²) < 4.78 is 12.7. The molecule has 162 valence electrons. The highest BCUT2D eigenvalue weighted by Gasteiger charge is 2.44. The molecule has 0 saturated carbocycles. The van der Waals surface area contributed by atoms with Gasteiger partial charge in [0.15, 0.2) is 16.6 Å². The Morgan fingerprint density at radius 3 is 1.78 bits per heavy atom. The first-order valence-corrected chi connectivity index (χ1v) is 15.3. The number of nitrogens with one attached hydrogen (secondary N) is 1. The van der Waals surface area contributed by atoms with E-state index in [0.717, 1.165) is 0 Å². The van der Waals surface area contributed by atoms with Crippen LogP contribution in [0.2, 0.25) is 36.3 Å². The monoisotopic (exact) mass is 423 g/mol. The van der Waals surface area contributed by atoms with E-state index < -0.39 is 47.6 Å². The Labute approximate surface area is 166 Å². The van der Waals surface area contributed by atoms with E-state index in [4.69, 9.17) is 8.85 Å². The zero-order valence-electron chi connectivity index (χ0n) is 18.7. The summed E-state index contributed by atoms with van der Waals surface area (Å²) in [6.45, 7) is 20.6. The van der Waals surface area contributed by atoms with Crippen LogP contribution >= 0.6 is 0 Å². The molecule has 0 aliphatic heterocycles. The normalized spacial score (nSPS) is 17.3. The molecule has 3 atom stereocenters. The molecule has 0 radical (unpaired) electrons. The second-order valence-electron chi connectivity index (χ2n) is 10.2. The van der Waals surface area contributed by atoms with Crippen LogP contribution in [-0.4, -0.2) is 69.5 Å². The van der Waals surface area contributed by atoms with Crippen molar-refractivity contribution in [3.05, 3.63) is 0 Å². The standard InChI is InChI=1S/C18H41NO6Si2/c1-17(2,3)26(7,8)24-12-14(25-27(9,10)18(4,5)6)15(13(21)11-20)19-16(22)23/h13-15,19-21H,11-12H2,1-10H3,(H,22,23)/t13-,14+,15-/m0/s1. The molecule has 0 aromatic rings. The van der Waals surface area contributed by atoms with Gasteiger partial charge in [-0.1, -0.05) is 41.5 Å². The summed E-state index contributed by atoms with van der Waals surface area (Å²) in [6, 6.07) is -0.980. The summed E-state index contributed by atoms with van der Waals surface area (Å²) in [5, 5.41) is 31.1. The Hall–Kier alpha value is -0.456. The zero-order chi connectivity index (χ0) is 21.8. The topological polar surface area (TPSA) is 108 Å². The lowest BCUT2D eigenvalue weighted by molar-refractivity contribution is -0.00525. The van der Waals surface area contributed by atoms with Crippen molar-refractivity contribution >= 4 is 22.7 Å². The van der Waals surface area contributed by atoms with Crippen LogP contribution < -0.4 is 5.32 Å². The predicted octanol–water partition coefficient (Wildman–Crippen LogP) is 3.39. The highest BCUT2D eigenvalue weighted by atomic mass is 28.4. The third-order valence-corrected chi connectivity index (χ3v) is 15.0. The third-order valence-electron chi connectivity index (χ3n) is 5.96. The van der Waals surface area contributed by atoms with Crippen LogP contribution in [-0.2, 0) is 8.85 Å². The fourth-order valence-electron chi connectivity index (χ4n) is 1.97. The van der Waals surface area contributed by atoms with Crippen molar-refractivity contribution in [1.29, 1.82) is 0 Å². The van der Waals surface area contributed by atoms with Crippen molar-refractivity contribution in [3.8, 4) is 0 Å². The minimum absolute atomic E-state index is 0.0140. The van der Waals surface area contributed by atoms with Gasteiger partial charge in [0.25, 0.3) is 0 Å². The molecule has 0 aromatic heterocycles. The summed E-state index contributed by atoms with van der Waals surface area (Å²) in [7, 11) is -4.38. The van der Waals surface area contributed by atoms with Crippen molar-refractivity contribution in [2.45, 2.75) is 96.1 Å². The summed E-state index contributed by atoms with van der Waals surface area (Å²) in [6.07, 6.45) is -3.25. The maximum absolute atomic E-state index is 11.3. The lowest BCUT2D eigenvalue weighted by Gasteiger charge is -2.44. The summed E-state index contributed by atoms with van der Waals surface area (Å²) >= 11 is 0. The van der Waals surface area contributed by atoms with Gasteiger partial charge in [0.05, 0.1) is 31.5 Å². The first-order chi connectivity index (χ1) is 11.9. The minimum atomic E-state index is -2.27. The minimum Gasteiger partial charge on any atom is -0.465 e. The summed E-state index contributed by atoms with van der Waals surface area (Å²) in [4.78, 5) is 11.3. The van der Waals surface area contributed by atoms with Gasteiger partial charge in [0.2, 0.25) is 0 Å². The largest absolute Gasteiger partial charge is 0.465 e. The molecule has 7 nitrogen and oxygen atoms in total. The molecule has 4 N–H and O–H groups in total. The molecule has 0 aromatic carbocycles. The number of carboxylic acid groups (broad SMARTS) is 1. The van der Waals surface area contributed by atoms with E-state index in [0.29, 0.717) is 0 Å². The van der Waals surface area contributed by atoms with Crippen molar-refractivity contribution in [3.63, 3.8) is 0 Å². The van der Waals surface area contributed by atoms with Gasteiger partial charge in [-0.05, 0) is 36.3 Å². The van der Waals surface area contributed by atoms with E-state index in [1.807, 2.05) is 0 Å². The number of carbonyl (C=O) groups is 1. The van der Waals surface area contributed by atoms with E-state index in [1.54, 1.807) is 0 Å². The highest BCUT2D eigenvalue weighted by molar-refractivity contribution is 6.74. The van der Waals surface area contributed by atoms with E-state index in [-0.39, 0.29) is 16.7 Å². The Morgan fingerprint density at radius 2 is 1.44 bits per heavy atom. The molecule has 0 aliphatic rings. The van der Waals surface area contributed by atoms with E-state index in [9.17, 15) is 20.1 Å². The Bertz CT molecular complexity index is 485. The highest BCUT2D eigenvalue weighted by Crippen LogP contribution is 2.39. The molecule has 0 saturated heterocycles. The van der Waals surface area contributed by atoms with Gasteiger partial charge in [-0.15, -0.1) is 0 Å². The zero-order valence-corrected chi connectivity index (χ0v) is 20.7. The van der Waals surface area contributed by atoms with Crippen molar-refractivity contribution in [1.82, 2.24) is 5.32 Å². The van der Waals surface area contributed by atoms with Gasteiger partial charge in [-0.3, -0.25) is 0 Å². The predicted molar refractivity (Wildman–Crippen MR) is 113 cm³/mol. The van der Waals surface area contributed by atoms with E-state index in [1.165, 1.54) is 0 Å². The molecular weight excluding hydrogens is 382 g/mol. The molecule has 0 fully saturated rings. The Kier molecular flexibility index (Phi) is 9.20. The fraction of sp³-hybridized carbons (Fsp3) is 0.944. The second-order valence-corrected chi connectivity index (χ2v) is 19.8. The van der Waals surface area contributed by atoms with Crippen molar-refractivity contribution in [2.75, 3.05) is 13.2 Å². The fourth-order valence-corrected chi connectivity index (χ4v) is 4.31. The molecule has 9 heteroatoms. The number of hydrogen-bond donors (Lipinski definition) is 4. The SMILES string of the molecule is CC(C)(C)[Si](C)(C)OC[C@@H](O[Si](C)(C)C(C)(C)C)[C@@H](NC(=O)O)[C@@H](O)CO. The molecular formula is C18H41NO6Si2. The number of rotatable bonds is 9. The van der Waals surface area contributed by atoms with Crippen LogP contribution in [0.1, 0.15) is 41.5 Å². The molecule has 1 amide bonds. The van der Waals surface area contributed by atoms with Crippen LogP contribution in [0.25, 0.3) is 0 Å². The third kappa shape index (κ3) is 7.82. The summed E-state index contributed by atoms with van der Waals surface area (Å²) in [5.41, 5.74) is 0. The molecule has 0 rings (SSSR count). The molecule has 0 bridgehead atoms. The van der Waals surface area contributed by atoms with Crippen molar-refractivity contribution in [2.24, 2.45) is 0 Å². The lowest BCUT2D eigenvalue weighted by atomic mass is 10.1. The van der Waals surface area contributed by atoms with Gasteiger partial charge >= 0.3 is 6.09 Å². The maximum Gasteiger partial charge on any atom is 0.405 e. The average molecular weight is 424 g/mol. The van der Waals surface area contributed by atoms with Gasteiger partial charge in [0, 0.05) is 0 Å². The second kappa shape index (κ2) is 9.36. The Balaban J connectivity index is 5.75. The molecule has 0 aliphatic carbocycles.